The number of rotatable bonds is 6. The molecular weight excluding hydrogens is 264 g/mol. The SMILES string of the molecule is Cc1ccc(C(C)NC(=O)CCC(N)c2ccccc2)o1. The zero-order valence-electron chi connectivity index (χ0n) is 12.5. The summed E-state index contributed by atoms with van der Waals surface area (Å²) in [7, 11) is 0. The topological polar surface area (TPSA) is 68.3 Å². The summed E-state index contributed by atoms with van der Waals surface area (Å²) in [6, 6.07) is 13.4. The number of carbonyl (C=O) groups excluding carboxylic acids is 1. The van der Waals surface area contributed by atoms with Gasteiger partial charge in [0.15, 0.2) is 0 Å². The Bertz CT molecular complexity index is 577. The van der Waals surface area contributed by atoms with Gasteiger partial charge in [-0.05, 0) is 38.0 Å². The summed E-state index contributed by atoms with van der Waals surface area (Å²) in [6.45, 7) is 3.80. The molecule has 0 aliphatic carbocycles. The molecule has 0 spiro atoms. The highest BCUT2D eigenvalue weighted by molar-refractivity contribution is 5.76. The fraction of sp³-hybridized carbons (Fsp3) is 0.353. The molecular formula is C17H22N2O2. The maximum absolute atomic E-state index is 12.0. The molecule has 1 aromatic carbocycles. The molecule has 0 bridgehead atoms. The van der Waals surface area contributed by atoms with Gasteiger partial charge in [0.2, 0.25) is 5.91 Å². The van der Waals surface area contributed by atoms with Gasteiger partial charge in [-0.1, -0.05) is 30.3 Å². The highest BCUT2D eigenvalue weighted by Crippen LogP contribution is 2.17. The fourth-order valence-corrected chi connectivity index (χ4v) is 2.22. The Balaban J connectivity index is 1.79. The van der Waals surface area contributed by atoms with Crippen LogP contribution in [-0.2, 0) is 4.79 Å². The average molecular weight is 286 g/mol. The van der Waals surface area contributed by atoms with Crippen LogP contribution in [0.5, 0.6) is 0 Å². The minimum atomic E-state index is -0.126. The maximum Gasteiger partial charge on any atom is 0.220 e. The summed E-state index contributed by atoms with van der Waals surface area (Å²) in [5.74, 6) is 1.60. The molecule has 112 valence electrons. The number of furan rings is 1. The van der Waals surface area contributed by atoms with E-state index in [0.29, 0.717) is 12.8 Å². The van der Waals surface area contributed by atoms with Crippen LogP contribution >= 0.6 is 0 Å². The van der Waals surface area contributed by atoms with Crippen molar-refractivity contribution in [3.63, 3.8) is 0 Å². The zero-order valence-corrected chi connectivity index (χ0v) is 12.5. The summed E-state index contributed by atoms with van der Waals surface area (Å²) in [5.41, 5.74) is 7.15. The first-order valence-electron chi connectivity index (χ1n) is 7.22. The van der Waals surface area contributed by atoms with Crippen molar-refractivity contribution in [3.8, 4) is 0 Å². The first-order chi connectivity index (χ1) is 10.1. The van der Waals surface area contributed by atoms with Crippen molar-refractivity contribution in [2.45, 2.75) is 38.8 Å². The molecule has 0 radical (unpaired) electrons. The minimum Gasteiger partial charge on any atom is -0.464 e. The van der Waals surface area contributed by atoms with Crippen molar-refractivity contribution in [3.05, 3.63) is 59.5 Å². The lowest BCUT2D eigenvalue weighted by Crippen LogP contribution is -2.27. The number of carbonyl (C=O) groups is 1. The zero-order chi connectivity index (χ0) is 15.2. The lowest BCUT2D eigenvalue weighted by Gasteiger charge is -2.14. The van der Waals surface area contributed by atoms with Gasteiger partial charge in [-0.2, -0.15) is 0 Å². The van der Waals surface area contributed by atoms with Crippen molar-refractivity contribution in [2.24, 2.45) is 5.73 Å². The lowest BCUT2D eigenvalue weighted by molar-refractivity contribution is -0.122. The van der Waals surface area contributed by atoms with Gasteiger partial charge in [-0.15, -0.1) is 0 Å². The Hall–Kier alpha value is -2.07. The van der Waals surface area contributed by atoms with Crippen molar-refractivity contribution >= 4 is 5.91 Å². The van der Waals surface area contributed by atoms with E-state index >= 15 is 0 Å². The summed E-state index contributed by atoms with van der Waals surface area (Å²) < 4.78 is 5.50. The predicted molar refractivity (Wildman–Crippen MR) is 82.6 cm³/mol. The molecule has 0 fully saturated rings. The van der Waals surface area contributed by atoms with Gasteiger partial charge < -0.3 is 15.5 Å². The second-order valence-corrected chi connectivity index (χ2v) is 5.29. The molecule has 1 heterocycles. The molecule has 0 aliphatic heterocycles. The third-order valence-electron chi connectivity index (χ3n) is 3.48. The Morgan fingerprint density at radius 3 is 2.57 bits per heavy atom. The number of nitrogens with one attached hydrogen (secondary N) is 1. The van der Waals surface area contributed by atoms with Gasteiger partial charge in [0.1, 0.15) is 11.5 Å². The Morgan fingerprint density at radius 2 is 1.95 bits per heavy atom. The van der Waals surface area contributed by atoms with Crippen molar-refractivity contribution in [1.82, 2.24) is 5.32 Å². The summed E-state index contributed by atoms with van der Waals surface area (Å²) in [6.07, 6.45) is 1.03. The second kappa shape index (κ2) is 7.09. The molecule has 4 heteroatoms. The summed E-state index contributed by atoms with van der Waals surface area (Å²) in [5, 5.41) is 2.93. The van der Waals surface area contributed by atoms with E-state index in [1.807, 2.05) is 56.3 Å². The summed E-state index contributed by atoms with van der Waals surface area (Å²) >= 11 is 0. The Morgan fingerprint density at radius 1 is 1.24 bits per heavy atom. The smallest absolute Gasteiger partial charge is 0.220 e. The van der Waals surface area contributed by atoms with E-state index in [0.717, 1.165) is 17.1 Å². The van der Waals surface area contributed by atoms with E-state index in [9.17, 15) is 4.79 Å². The molecule has 21 heavy (non-hydrogen) atoms. The molecule has 0 saturated heterocycles. The quantitative estimate of drug-likeness (QED) is 0.856. The predicted octanol–water partition coefficient (Wildman–Crippen LogP) is 3.25. The monoisotopic (exact) mass is 286 g/mol. The molecule has 4 nitrogen and oxygen atoms in total. The molecule has 1 aromatic heterocycles. The third-order valence-corrected chi connectivity index (χ3v) is 3.48. The van der Waals surface area contributed by atoms with E-state index in [2.05, 4.69) is 5.32 Å². The first-order valence-corrected chi connectivity index (χ1v) is 7.22. The number of hydrogen-bond acceptors (Lipinski definition) is 3. The van der Waals surface area contributed by atoms with Crippen LogP contribution in [0.15, 0.2) is 46.9 Å². The molecule has 2 unspecified atom stereocenters. The van der Waals surface area contributed by atoms with Crippen molar-refractivity contribution < 1.29 is 9.21 Å². The lowest BCUT2D eigenvalue weighted by atomic mass is 10.0. The molecule has 3 N–H and O–H groups in total. The van der Waals surface area contributed by atoms with Gasteiger partial charge in [-0.3, -0.25) is 4.79 Å². The second-order valence-electron chi connectivity index (χ2n) is 5.29. The van der Waals surface area contributed by atoms with Crippen LogP contribution in [0.4, 0.5) is 0 Å². The van der Waals surface area contributed by atoms with Crippen LogP contribution in [0, 0.1) is 6.92 Å². The highest BCUT2D eigenvalue weighted by Gasteiger charge is 2.14. The van der Waals surface area contributed by atoms with Gasteiger partial charge in [-0.25, -0.2) is 0 Å². The highest BCUT2D eigenvalue weighted by atomic mass is 16.3. The van der Waals surface area contributed by atoms with Crippen LogP contribution in [0.1, 0.15) is 48.9 Å². The molecule has 2 atom stereocenters. The van der Waals surface area contributed by atoms with Crippen molar-refractivity contribution in [2.75, 3.05) is 0 Å². The largest absolute Gasteiger partial charge is 0.464 e. The van der Waals surface area contributed by atoms with Gasteiger partial charge in [0, 0.05) is 12.5 Å². The van der Waals surface area contributed by atoms with Crippen LogP contribution in [0.25, 0.3) is 0 Å². The van der Waals surface area contributed by atoms with Crippen LogP contribution < -0.4 is 11.1 Å². The first kappa shape index (κ1) is 15.3. The van der Waals surface area contributed by atoms with Gasteiger partial charge in [0.05, 0.1) is 6.04 Å². The van der Waals surface area contributed by atoms with Crippen LogP contribution in [0.2, 0.25) is 0 Å². The molecule has 2 rings (SSSR count). The van der Waals surface area contributed by atoms with Gasteiger partial charge in [0.25, 0.3) is 0 Å². The maximum atomic E-state index is 12.0. The standard InChI is InChI=1S/C17H22N2O2/c1-12-8-10-16(21-12)13(2)19-17(20)11-9-15(18)14-6-4-3-5-7-14/h3-8,10,13,15H,9,11,18H2,1-2H3,(H,19,20). The van der Waals surface area contributed by atoms with Gasteiger partial charge >= 0.3 is 0 Å². The van der Waals surface area contributed by atoms with Crippen molar-refractivity contribution in [1.29, 1.82) is 0 Å². The average Bonchev–Trinajstić information content (AvgIpc) is 2.92. The minimum absolute atomic E-state index is 0.0112. The number of amides is 1. The van der Waals surface area contributed by atoms with Crippen LogP contribution in [-0.4, -0.2) is 5.91 Å². The van der Waals surface area contributed by atoms with Crippen LogP contribution in [0.3, 0.4) is 0 Å². The van der Waals surface area contributed by atoms with E-state index in [4.69, 9.17) is 10.2 Å². The molecule has 1 amide bonds. The van der Waals surface area contributed by atoms with E-state index < -0.39 is 0 Å². The molecule has 2 aromatic rings. The number of benzene rings is 1. The van der Waals surface area contributed by atoms with E-state index in [1.165, 1.54) is 0 Å². The number of aryl methyl sites for hydroxylation is 1. The third kappa shape index (κ3) is 4.46. The van der Waals surface area contributed by atoms with E-state index in [1.54, 1.807) is 0 Å². The molecule has 0 aliphatic rings. The van der Waals surface area contributed by atoms with E-state index in [-0.39, 0.29) is 18.0 Å². The molecule has 0 saturated carbocycles. The summed E-state index contributed by atoms with van der Waals surface area (Å²) in [4.78, 5) is 12.0. The Kier molecular flexibility index (Phi) is 5.17. The Labute approximate surface area is 125 Å². The number of hydrogen-bond donors (Lipinski definition) is 2. The normalized spacial score (nSPS) is 13.7. The fourth-order valence-electron chi connectivity index (χ4n) is 2.22. The number of nitrogens with two attached hydrogens (primary N) is 1.